The van der Waals surface area contributed by atoms with Crippen molar-refractivity contribution in [2.45, 2.75) is 25.4 Å². The molecule has 1 heterocycles. The molecule has 1 fully saturated rings. The van der Waals surface area contributed by atoms with Gasteiger partial charge in [-0.25, -0.2) is 4.39 Å². The first kappa shape index (κ1) is 17.9. The molecule has 2 N–H and O–H groups in total. The van der Waals surface area contributed by atoms with Gasteiger partial charge in [-0.1, -0.05) is 17.7 Å². The third-order valence-electron chi connectivity index (χ3n) is 2.94. The summed E-state index contributed by atoms with van der Waals surface area (Å²) in [5.41, 5.74) is 0.960. The molecule has 1 aliphatic heterocycles. The van der Waals surface area contributed by atoms with E-state index in [4.69, 9.17) is 11.6 Å². The molecule has 0 atom stereocenters. The zero-order chi connectivity index (χ0) is 11.4. The number of benzene rings is 1. The van der Waals surface area contributed by atoms with Gasteiger partial charge in [0.1, 0.15) is 5.82 Å². The molecule has 0 amide bonds. The highest BCUT2D eigenvalue weighted by Crippen LogP contribution is 2.17. The lowest BCUT2D eigenvalue weighted by Crippen LogP contribution is -2.39. The molecule has 104 valence electrons. The van der Waals surface area contributed by atoms with Crippen molar-refractivity contribution in [2.24, 2.45) is 0 Å². The van der Waals surface area contributed by atoms with E-state index in [1.807, 2.05) is 0 Å². The SMILES string of the molecule is Cl.Cl.Fc1ccc(CNC2CCNCC2)c(Cl)c1. The summed E-state index contributed by atoms with van der Waals surface area (Å²) < 4.78 is 12.8. The zero-order valence-corrected chi connectivity index (χ0v) is 12.3. The van der Waals surface area contributed by atoms with Crippen LogP contribution in [0.3, 0.4) is 0 Å². The van der Waals surface area contributed by atoms with E-state index in [-0.39, 0.29) is 30.6 Å². The van der Waals surface area contributed by atoms with Crippen molar-refractivity contribution in [3.8, 4) is 0 Å². The molecule has 0 aliphatic carbocycles. The Kier molecular flexibility index (Phi) is 8.91. The van der Waals surface area contributed by atoms with E-state index in [9.17, 15) is 4.39 Å². The number of rotatable bonds is 3. The Morgan fingerprint density at radius 1 is 1.28 bits per heavy atom. The van der Waals surface area contributed by atoms with E-state index in [1.54, 1.807) is 6.07 Å². The largest absolute Gasteiger partial charge is 0.317 e. The molecule has 0 unspecified atom stereocenters. The van der Waals surface area contributed by atoms with Crippen LogP contribution in [0.5, 0.6) is 0 Å². The van der Waals surface area contributed by atoms with Crippen molar-refractivity contribution >= 4 is 36.4 Å². The van der Waals surface area contributed by atoms with E-state index in [1.165, 1.54) is 12.1 Å². The normalized spacial score (nSPS) is 15.7. The van der Waals surface area contributed by atoms with Crippen LogP contribution < -0.4 is 10.6 Å². The molecule has 1 aromatic rings. The highest BCUT2D eigenvalue weighted by Gasteiger charge is 2.12. The molecule has 0 aromatic heterocycles. The van der Waals surface area contributed by atoms with E-state index in [0.717, 1.165) is 31.5 Å². The number of piperidine rings is 1. The van der Waals surface area contributed by atoms with Crippen LogP contribution in [0.2, 0.25) is 5.02 Å². The van der Waals surface area contributed by atoms with Gasteiger partial charge in [-0.2, -0.15) is 0 Å². The summed E-state index contributed by atoms with van der Waals surface area (Å²) in [5.74, 6) is -0.282. The fourth-order valence-corrected chi connectivity index (χ4v) is 2.18. The fraction of sp³-hybridized carbons (Fsp3) is 0.500. The van der Waals surface area contributed by atoms with Crippen LogP contribution in [-0.4, -0.2) is 19.1 Å². The molecular weight excluding hydrogens is 298 g/mol. The fourth-order valence-electron chi connectivity index (χ4n) is 1.95. The van der Waals surface area contributed by atoms with Gasteiger partial charge in [0.15, 0.2) is 0 Å². The van der Waals surface area contributed by atoms with Gasteiger partial charge in [0.25, 0.3) is 0 Å². The van der Waals surface area contributed by atoms with Crippen LogP contribution >= 0.6 is 36.4 Å². The molecule has 2 nitrogen and oxygen atoms in total. The van der Waals surface area contributed by atoms with Crippen molar-refractivity contribution in [1.29, 1.82) is 0 Å². The van der Waals surface area contributed by atoms with Crippen molar-refractivity contribution in [3.63, 3.8) is 0 Å². The second-order valence-electron chi connectivity index (χ2n) is 4.14. The Balaban J connectivity index is 0.00000144. The standard InChI is InChI=1S/C12H16ClFN2.2ClH/c13-12-7-10(14)2-1-9(12)8-16-11-3-5-15-6-4-11;;/h1-2,7,11,15-16H,3-6,8H2;2*1H. The van der Waals surface area contributed by atoms with Crippen LogP contribution in [-0.2, 0) is 6.54 Å². The Morgan fingerprint density at radius 3 is 2.56 bits per heavy atom. The molecule has 1 aliphatic rings. The van der Waals surface area contributed by atoms with Gasteiger partial charge in [-0.15, -0.1) is 24.8 Å². The molecule has 0 spiro atoms. The first-order valence-corrected chi connectivity index (χ1v) is 6.01. The molecule has 1 aromatic carbocycles. The maximum Gasteiger partial charge on any atom is 0.124 e. The molecule has 18 heavy (non-hydrogen) atoms. The average Bonchev–Trinajstić information content (AvgIpc) is 2.29. The summed E-state index contributed by atoms with van der Waals surface area (Å²) in [6.07, 6.45) is 2.28. The highest BCUT2D eigenvalue weighted by molar-refractivity contribution is 6.31. The van der Waals surface area contributed by atoms with Gasteiger partial charge >= 0.3 is 0 Å². The maximum absolute atomic E-state index is 12.8. The molecule has 1 saturated heterocycles. The number of nitrogens with one attached hydrogen (secondary N) is 2. The van der Waals surface area contributed by atoms with E-state index in [0.29, 0.717) is 17.6 Å². The summed E-state index contributed by atoms with van der Waals surface area (Å²) in [7, 11) is 0. The molecule has 0 saturated carbocycles. The first-order chi connectivity index (χ1) is 7.75. The quantitative estimate of drug-likeness (QED) is 0.895. The van der Waals surface area contributed by atoms with Crippen molar-refractivity contribution in [2.75, 3.05) is 13.1 Å². The molecule has 0 bridgehead atoms. The minimum absolute atomic E-state index is 0. The predicted molar refractivity (Wildman–Crippen MR) is 78.6 cm³/mol. The second kappa shape index (κ2) is 8.94. The van der Waals surface area contributed by atoms with Crippen molar-refractivity contribution in [3.05, 3.63) is 34.6 Å². The lowest BCUT2D eigenvalue weighted by Gasteiger charge is -2.24. The minimum Gasteiger partial charge on any atom is -0.317 e. The average molecular weight is 316 g/mol. The molecular formula is C12H18Cl3FN2. The number of hydrogen-bond donors (Lipinski definition) is 2. The van der Waals surface area contributed by atoms with E-state index < -0.39 is 0 Å². The van der Waals surface area contributed by atoms with Crippen LogP contribution in [0, 0.1) is 5.82 Å². The lowest BCUT2D eigenvalue weighted by molar-refractivity contribution is 0.386. The van der Waals surface area contributed by atoms with Gasteiger partial charge in [0, 0.05) is 17.6 Å². The Labute approximate surface area is 124 Å². The third-order valence-corrected chi connectivity index (χ3v) is 3.29. The Bertz CT molecular complexity index is 357. The van der Waals surface area contributed by atoms with Crippen LogP contribution in [0.15, 0.2) is 18.2 Å². The second-order valence-corrected chi connectivity index (χ2v) is 4.55. The number of hydrogen-bond acceptors (Lipinski definition) is 2. The summed E-state index contributed by atoms with van der Waals surface area (Å²) in [4.78, 5) is 0. The molecule has 6 heteroatoms. The smallest absolute Gasteiger partial charge is 0.124 e. The van der Waals surface area contributed by atoms with Gasteiger partial charge in [0.05, 0.1) is 0 Å². The van der Waals surface area contributed by atoms with Gasteiger partial charge in [0.2, 0.25) is 0 Å². The monoisotopic (exact) mass is 314 g/mol. The molecule has 2 rings (SSSR count). The summed E-state index contributed by atoms with van der Waals surface area (Å²) >= 11 is 5.95. The van der Waals surface area contributed by atoms with Crippen molar-refractivity contribution < 1.29 is 4.39 Å². The molecule has 0 radical (unpaired) electrons. The van der Waals surface area contributed by atoms with Gasteiger partial charge < -0.3 is 10.6 Å². The summed E-state index contributed by atoms with van der Waals surface area (Å²) in [6, 6.07) is 5.10. The third kappa shape index (κ3) is 5.29. The zero-order valence-electron chi connectivity index (χ0n) is 9.92. The van der Waals surface area contributed by atoms with Crippen LogP contribution in [0.4, 0.5) is 4.39 Å². The maximum atomic E-state index is 12.8. The van der Waals surface area contributed by atoms with Crippen molar-refractivity contribution in [1.82, 2.24) is 10.6 Å². The van der Waals surface area contributed by atoms with E-state index >= 15 is 0 Å². The van der Waals surface area contributed by atoms with Gasteiger partial charge in [-0.05, 0) is 43.6 Å². The Hall–Kier alpha value is -0.0600. The Morgan fingerprint density at radius 2 is 1.94 bits per heavy atom. The van der Waals surface area contributed by atoms with E-state index in [2.05, 4.69) is 10.6 Å². The summed E-state index contributed by atoms with van der Waals surface area (Å²) in [5, 5.41) is 7.27. The topological polar surface area (TPSA) is 24.1 Å². The minimum atomic E-state index is -0.282. The van der Waals surface area contributed by atoms with Crippen LogP contribution in [0.25, 0.3) is 0 Å². The lowest BCUT2D eigenvalue weighted by atomic mass is 10.1. The predicted octanol–water partition coefficient (Wildman–Crippen LogP) is 3.16. The highest BCUT2D eigenvalue weighted by atomic mass is 35.5. The van der Waals surface area contributed by atoms with Crippen LogP contribution in [0.1, 0.15) is 18.4 Å². The van der Waals surface area contributed by atoms with Gasteiger partial charge in [-0.3, -0.25) is 0 Å². The summed E-state index contributed by atoms with van der Waals surface area (Å²) in [6.45, 7) is 2.84. The number of halogens is 4. The first-order valence-electron chi connectivity index (χ1n) is 5.64.